The predicted molar refractivity (Wildman–Crippen MR) is 123 cm³/mol. The van der Waals surface area contributed by atoms with Crippen molar-refractivity contribution in [2.24, 2.45) is 5.92 Å². The largest absolute Gasteiger partial charge is 0.354 e. The van der Waals surface area contributed by atoms with E-state index in [2.05, 4.69) is 34.5 Å². The van der Waals surface area contributed by atoms with Crippen molar-refractivity contribution in [3.05, 3.63) is 70.7 Å². The van der Waals surface area contributed by atoms with Gasteiger partial charge in [-0.2, -0.15) is 0 Å². The first-order chi connectivity index (χ1) is 15.1. The number of halogens is 1. The molecule has 164 valence electrons. The van der Waals surface area contributed by atoms with Gasteiger partial charge < -0.3 is 10.2 Å². The summed E-state index contributed by atoms with van der Waals surface area (Å²) in [7, 11) is 0. The van der Waals surface area contributed by atoms with Crippen LogP contribution in [0, 0.1) is 5.92 Å². The average molecular weight is 440 g/mol. The number of amides is 2. The van der Waals surface area contributed by atoms with Gasteiger partial charge in [-0.1, -0.05) is 41.9 Å². The van der Waals surface area contributed by atoms with E-state index in [0.717, 1.165) is 13.1 Å². The van der Waals surface area contributed by atoms with Crippen LogP contribution >= 0.6 is 11.6 Å². The summed E-state index contributed by atoms with van der Waals surface area (Å²) < 4.78 is 0. The summed E-state index contributed by atoms with van der Waals surface area (Å²) in [6, 6.07) is 17.7. The van der Waals surface area contributed by atoms with Gasteiger partial charge in [0.2, 0.25) is 5.91 Å². The number of hydrogen-bond donors (Lipinski definition) is 1. The number of nitrogens with one attached hydrogen (secondary N) is 1. The Morgan fingerprint density at radius 2 is 1.58 bits per heavy atom. The molecule has 2 saturated heterocycles. The number of piperidine rings is 1. The Morgan fingerprint density at radius 1 is 0.935 bits per heavy atom. The second-order valence-electron chi connectivity index (χ2n) is 8.49. The van der Waals surface area contributed by atoms with E-state index < -0.39 is 0 Å². The van der Waals surface area contributed by atoms with E-state index in [1.54, 1.807) is 24.3 Å². The smallest absolute Gasteiger partial charge is 0.253 e. The molecule has 0 spiro atoms. The molecule has 0 aliphatic carbocycles. The fourth-order valence-corrected chi connectivity index (χ4v) is 4.77. The maximum absolute atomic E-state index is 12.9. The van der Waals surface area contributed by atoms with Gasteiger partial charge in [-0.25, -0.2) is 0 Å². The Kier molecular flexibility index (Phi) is 7.25. The topological polar surface area (TPSA) is 52.7 Å². The second-order valence-corrected chi connectivity index (χ2v) is 8.92. The van der Waals surface area contributed by atoms with Crippen molar-refractivity contribution in [2.75, 3.05) is 32.7 Å². The fraction of sp³-hybridized carbons (Fsp3) is 0.440. The van der Waals surface area contributed by atoms with Crippen molar-refractivity contribution < 1.29 is 9.59 Å². The van der Waals surface area contributed by atoms with Crippen LogP contribution in [0.25, 0.3) is 0 Å². The molecule has 0 radical (unpaired) electrons. The summed E-state index contributed by atoms with van der Waals surface area (Å²) in [4.78, 5) is 29.9. The maximum atomic E-state index is 12.9. The molecule has 2 aromatic rings. The van der Waals surface area contributed by atoms with E-state index in [1.807, 2.05) is 11.0 Å². The number of carbonyl (C=O) groups excluding carboxylic acids is 2. The molecule has 5 nitrogen and oxygen atoms in total. The lowest BCUT2D eigenvalue weighted by Crippen LogP contribution is -2.44. The Hall–Kier alpha value is -2.37. The summed E-state index contributed by atoms with van der Waals surface area (Å²) in [5, 5.41) is 3.83. The van der Waals surface area contributed by atoms with Crippen molar-refractivity contribution >= 4 is 23.4 Å². The molecule has 2 fully saturated rings. The van der Waals surface area contributed by atoms with Gasteiger partial charge >= 0.3 is 0 Å². The van der Waals surface area contributed by atoms with Crippen LogP contribution in [0.4, 0.5) is 0 Å². The molecule has 2 aromatic carbocycles. The molecule has 0 saturated carbocycles. The van der Waals surface area contributed by atoms with Crippen LogP contribution in [0.1, 0.15) is 47.6 Å². The maximum Gasteiger partial charge on any atom is 0.253 e. The van der Waals surface area contributed by atoms with Gasteiger partial charge in [-0.15, -0.1) is 0 Å². The minimum atomic E-state index is -0.0377. The zero-order chi connectivity index (χ0) is 21.6. The van der Waals surface area contributed by atoms with Gasteiger partial charge in [0, 0.05) is 36.1 Å². The molecular weight excluding hydrogens is 410 g/mol. The third kappa shape index (κ3) is 5.46. The van der Waals surface area contributed by atoms with Gasteiger partial charge in [0.15, 0.2) is 0 Å². The first kappa shape index (κ1) is 21.8. The highest BCUT2D eigenvalue weighted by molar-refractivity contribution is 6.30. The molecule has 4 rings (SSSR count). The molecule has 1 N–H and O–H groups in total. The Morgan fingerprint density at radius 3 is 2.23 bits per heavy atom. The Bertz CT molecular complexity index is 873. The molecular formula is C25H30ClN3O2. The summed E-state index contributed by atoms with van der Waals surface area (Å²) >= 11 is 5.92. The van der Waals surface area contributed by atoms with Crippen LogP contribution in [0.3, 0.4) is 0 Å². The minimum absolute atomic E-state index is 0.00806. The number of likely N-dealkylation sites (tertiary alicyclic amines) is 2. The minimum Gasteiger partial charge on any atom is -0.354 e. The molecule has 2 aliphatic heterocycles. The quantitative estimate of drug-likeness (QED) is 0.735. The summed E-state index contributed by atoms with van der Waals surface area (Å²) in [5.74, 6) is 0.0803. The van der Waals surface area contributed by atoms with Crippen LogP contribution in [-0.2, 0) is 4.79 Å². The van der Waals surface area contributed by atoms with Crippen molar-refractivity contribution in [3.63, 3.8) is 0 Å². The highest BCUT2D eigenvalue weighted by atomic mass is 35.5. The molecule has 31 heavy (non-hydrogen) atoms. The number of rotatable bonds is 6. The monoisotopic (exact) mass is 439 g/mol. The highest BCUT2D eigenvalue weighted by Crippen LogP contribution is 2.25. The fourth-order valence-electron chi connectivity index (χ4n) is 4.65. The van der Waals surface area contributed by atoms with Gasteiger partial charge in [0.25, 0.3) is 5.91 Å². The van der Waals surface area contributed by atoms with Gasteiger partial charge in [-0.05, 0) is 68.6 Å². The molecule has 1 atom stereocenters. The normalized spacial score (nSPS) is 18.7. The number of carbonyl (C=O) groups is 2. The van der Waals surface area contributed by atoms with Crippen LogP contribution in [0.5, 0.6) is 0 Å². The van der Waals surface area contributed by atoms with E-state index in [1.165, 1.54) is 18.4 Å². The lowest BCUT2D eigenvalue weighted by Gasteiger charge is -2.32. The van der Waals surface area contributed by atoms with Gasteiger partial charge in [-0.3, -0.25) is 14.5 Å². The van der Waals surface area contributed by atoms with E-state index in [4.69, 9.17) is 11.6 Å². The molecule has 2 heterocycles. The van der Waals surface area contributed by atoms with Crippen LogP contribution in [-0.4, -0.2) is 54.3 Å². The molecule has 2 aliphatic rings. The SMILES string of the molecule is O=C(NCC(c1ccccc1)N1CCCC1)C1CCN(C(=O)c2ccc(Cl)cc2)CC1. The van der Waals surface area contributed by atoms with Crippen LogP contribution in [0.15, 0.2) is 54.6 Å². The molecule has 2 amide bonds. The second kappa shape index (κ2) is 10.3. The van der Waals surface area contributed by atoms with Crippen molar-refractivity contribution in [2.45, 2.75) is 31.7 Å². The van der Waals surface area contributed by atoms with Gasteiger partial charge in [0.05, 0.1) is 6.04 Å². The zero-order valence-corrected chi connectivity index (χ0v) is 18.6. The van der Waals surface area contributed by atoms with E-state index in [-0.39, 0.29) is 23.8 Å². The van der Waals surface area contributed by atoms with Crippen molar-refractivity contribution in [3.8, 4) is 0 Å². The van der Waals surface area contributed by atoms with E-state index in [9.17, 15) is 9.59 Å². The van der Waals surface area contributed by atoms with Gasteiger partial charge in [0.1, 0.15) is 0 Å². The summed E-state index contributed by atoms with van der Waals surface area (Å²) in [6.45, 7) is 4.01. The number of benzene rings is 2. The Balaban J connectivity index is 1.30. The lowest BCUT2D eigenvalue weighted by atomic mass is 9.95. The molecule has 0 bridgehead atoms. The van der Waals surface area contributed by atoms with Crippen LogP contribution in [0.2, 0.25) is 5.02 Å². The number of nitrogens with zero attached hydrogens (tertiary/aromatic N) is 2. The first-order valence-electron chi connectivity index (χ1n) is 11.2. The lowest BCUT2D eigenvalue weighted by molar-refractivity contribution is -0.126. The van der Waals surface area contributed by atoms with Crippen molar-refractivity contribution in [1.82, 2.24) is 15.1 Å². The van der Waals surface area contributed by atoms with E-state index >= 15 is 0 Å². The summed E-state index contributed by atoms with van der Waals surface area (Å²) in [6.07, 6.45) is 3.84. The number of hydrogen-bond acceptors (Lipinski definition) is 3. The molecule has 0 aromatic heterocycles. The van der Waals surface area contributed by atoms with E-state index in [0.29, 0.717) is 43.1 Å². The van der Waals surface area contributed by atoms with Crippen molar-refractivity contribution in [1.29, 1.82) is 0 Å². The third-order valence-electron chi connectivity index (χ3n) is 6.48. The Labute approximate surface area is 189 Å². The summed E-state index contributed by atoms with van der Waals surface area (Å²) in [5.41, 5.74) is 1.90. The molecule has 6 heteroatoms. The standard InChI is InChI=1S/C25H30ClN3O2/c26-22-10-8-21(9-11-22)25(31)29-16-12-20(13-17-29)24(30)27-18-23(28-14-4-5-15-28)19-6-2-1-3-7-19/h1-3,6-11,20,23H,4-5,12-18H2,(H,27,30). The first-order valence-corrected chi connectivity index (χ1v) is 11.6. The third-order valence-corrected chi connectivity index (χ3v) is 6.73. The molecule has 1 unspecified atom stereocenters. The van der Waals surface area contributed by atoms with Crippen LogP contribution < -0.4 is 5.32 Å². The zero-order valence-electron chi connectivity index (χ0n) is 17.8. The predicted octanol–water partition coefficient (Wildman–Crippen LogP) is 4.15. The average Bonchev–Trinajstić information content (AvgIpc) is 3.34. The highest BCUT2D eigenvalue weighted by Gasteiger charge is 2.29.